The Morgan fingerprint density at radius 2 is 1.77 bits per heavy atom. The molecule has 0 aliphatic heterocycles. The third-order valence-corrected chi connectivity index (χ3v) is 4.45. The van der Waals surface area contributed by atoms with Crippen LogP contribution in [-0.4, -0.2) is 13.7 Å². The Morgan fingerprint density at radius 3 is 2.46 bits per heavy atom. The molecule has 26 heavy (non-hydrogen) atoms. The molecule has 0 unspecified atom stereocenters. The van der Waals surface area contributed by atoms with Crippen molar-refractivity contribution < 1.29 is 9.15 Å². The monoisotopic (exact) mass is 411 g/mol. The van der Waals surface area contributed by atoms with E-state index in [0.29, 0.717) is 16.6 Å². The van der Waals surface area contributed by atoms with Gasteiger partial charge in [-0.3, -0.25) is 0 Å². The summed E-state index contributed by atoms with van der Waals surface area (Å²) in [5, 5.41) is 4.58. The lowest BCUT2D eigenvalue weighted by Gasteiger charge is -2.05. The Labute approximate surface area is 169 Å². The SMILES string of the molecule is COc1ccc(CCNCc2ccc(-c3ccc(Cl)cc3Cl)o2)cc1.Cl. The molecule has 0 saturated carbocycles. The normalized spacial score (nSPS) is 10.4. The van der Waals surface area contributed by atoms with Gasteiger partial charge in [0.05, 0.1) is 18.7 Å². The van der Waals surface area contributed by atoms with Crippen molar-refractivity contribution >= 4 is 35.6 Å². The van der Waals surface area contributed by atoms with Gasteiger partial charge in [-0.25, -0.2) is 0 Å². The second kappa shape index (κ2) is 9.89. The highest BCUT2D eigenvalue weighted by molar-refractivity contribution is 6.36. The summed E-state index contributed by atoms with van der Waals surface area (Å²) in [6.07, 6.45) is 0.945. The van der Waals surface area contributed by atoms with E-state index in [4.69, 9.17) is 32.4 Å². The predicted molar refractivity (Wildman–Crippen MR) is 110 cm³/mol. The molecule has 0 atom stereocenters. The standard InChI is InChI=1S/C20H19Cl2NO2.ClH/c1-24-16-5-2-14(3-6-16)10-11-23-13-17-7-9-20(25-17)18-8-4-15(21)12-19(18)22;/h2-9,12,23H,10-11,13H2,1H3;1H. The van der Waals surface area contributed by atoms with Gasteiger partial charge >= 0.3 is 0 Å². The summed E-state index contributed by atoms with van der Waals surface area (Å²) >= 11 is 12.2. The minimum absolute atomic E-state index is 0. The zero-order valence-electron chi connectivity index (χ0n) is 14.3. The first-order valence-corrected chi connectivity index (χ1v) is 8.79. The van der Waals surface area contributed by atoms with Crippen molar-refractivity contribution in [1.29, 1.82) is 0 Å². The van der Waals surface area contributed by atoms with E-state index in [1.807, 2.05) is 30.3 Å². The summed E-state index contributed by atoms with van der Waals surface area (Å²) < 4.78 is 11.0. The van der Waals surface area contributed by atoms with Crippen LogP contribution >= 0.6 is 35.6 Å². The Balaban J connectivity index is 0.00000243. The number of furan rings is 1. The van der Waals surface area contributed by atoms with Crippen LogP contribution in [0.3, 0.4) is 0 Å². The molecule has 2 aromatic carbocycles. The number of nitrogens with one attached hydrogen (secondary N) is 1. The van der Waals surface area contributed by atoms with Gasteiger partial charge in [0.2, 0.25) is 0 Å². The molecule has 3 aromatic rings. The number of hydrogen-bond donors (Lipinski definition) is 1. The van der Waals surface area contributed by atoms with Crippen LogP contribution in [0.4, 0.5) is 0 Å². The highest BCUT2D eigenvalue weighted by atomic mass is 35.5. The van der Waals surface area contributed by atoms with E-state index in [1.165, 1.54) is 5.56 Å². The molecule has 1 heterocycles. The van der Waals surface area contributed by atoms with Crippen LogP contribution in [0.15, 0.2) is 59.0 Å². The molecule has 3 rings (SSSR count). The van der Waals surface area contributed by atoms with Crippen LogP contribution in [0.1, 0.15) is 11.3 Å². The first-order valence-electron chi connectivity index (χ1n) is 8.03. The summed E-state index contributed by atoms with van der Waals surface area (Å²) in [7, 11) is 1.67. The van der Waals surface area contributed by atoms with Crippen LogP contribution < -0.4 is 10.1 Å². The number of methoxy groups -OCH3 is 1. The van der Waals surface area contributed by atoms with Gasteiger partial charge in [-0.05, 0) is 61.0 Å². The maximum Gasteiger partial charge on any atom is 0.135 e. The van der Waals surface area contributed by atoms with Gasteiger partial charge in [-0.15, -0.1) is 12.4 Å². The maximum absolute atomic E-state index is 6.22. The van der Waals surface area contributed by atoms with Crippen LogP contribution in [0.25, 0.3) is 11.3 Å². The highest BCUT2D eigenvalue weighted by Gasteiger charge is 2.09. The second-order valence-electron chi connectivity index (χ2n) is 5.66. The molecule has 0 saturated heterocycles. The van der Waals surface area contributed by atoms with Gasteiger partial charge in [-0.1, -0.05) is 35.3 Å². The maximum atomic E-state index is 6.22. The van der Waals surface area contributed by atoms with E-state index in [2.05, 4.69) is 17.4 Å². The van der Waals surface area contributed by atoms with Crippen molar-refractivity contribution in [3.63, 3.8) is 0 Å². The van der Waals surface area contributed by atoms with E-state index in [1.54, 1.807) is 19.2 Å². The van der Waals surface area contributed by atoms with E-state index in [9.17, 15) is 0 Å². The lowest BCUT2D eigenvalue weighted by Crippen LogP contribution is -2.16. The highest BCUT2D eigenvalue weighted by Crippen LogP contribution is 2.31. The quantitative estimate of drug-likeness (QED) is 0.482. The van der Waals surface area contributed by atoms with E-state index in [-0.39, 0.29) is 12.4 Å². The number of ether oxygens (including phenoxy) is 1. The van der Waals surface area contributed by atoms with Crippen LogP contribution in [0.5, 0.6) is 5.75 Å². The molecule has 138 valence electrons. The Morgan fingerprint density at radius 1 is 1.00 bits per heavy atom. The van der Waals surface area contributed by atoms with Gasteiger partial charge in [0.1, 0.15) is 17.3 Å². The van der Waals surface area contributed by atoms with Gasteiger partial charge in [0, 0.05) is 10.6 Å². The average molecular weight is 413 g/mol. The van der Waals surface area contributed by atoms with Crippen molar-refractivity contribution in [3.05, 3.63) is 76.0 Å². The van der Waals surface area contributed by atoms with Crippen LogP contribution in [0, 0.1) is 0 Å². The molecule has 0 bridgehead atoms. The lowest BCUT2D eigenvalue weighted by atomic mass is 10.1. The van der Waals surface area contributed by atoms with Gasteiger partial charge in [0.15, 0.2) is 0 Å². The fourth-order valence-corrected chi connectivity index (χ4v) is 3.05. The van der Waals surface area contributed by atoms with Crippen molar-refractivity contribution in [2.75, 3.05) is 13.7 Å². The van der Waals surface area contributed by atoms with Gasteiger partial charge in [0.25, 0.3) is 0 Å². The van der Waals surface area contributed by atoms with Gasteiger partial charge in [-0.2, -0.15) is 0 Å². The fourth-order valence-electron chi connectivity index (χ4n) is 2.54. The van der Waals surface area contributed by atoms with Crippen molar-refractivity contribution in [2.24, 2.45) is 0 Å². The molecule has 0 radical (unpaired) electrons. The molecule has 0 aliphatic carbocycles. The summed E-state index contributed by atoms with van der Waals surface area (Å²) in [5.41, 5.74) is 2.11. The van der Waals surface area contributed by atoms with Crippen molar-refractivity contribution in [2.45, 2.75) is 13.0 Å². The molecule has 3 nitrogen and oxygen atoms in total. The van der Waals surface area contributed by atoms with Gasteiger partial charge < -0.3 is 14.5 Å². The van der Waals surface area contributed by atoms with Crippen molar-refractivity contribution in [1.82, 2.24) is 5.32 Å². The molecule has 0 spiro atoms. The number of hydrogen-bond acceptors (Lipinski definition) is 3. The zero-order valence-corrected chi connectivity index (χ0v) is 16.6. The lowest BCUT2D eigenvalue weighted by molar-refractivity contribution is 0.414. The first-order chi connectivity index (χ1) is 12.2. The fraction of sp³-hybridized carbons (Fsp3) is 0.200. The first kappa shape index (κ1) is 20.7. The summed E-state index contributed by atoms with van der Waals surface area (Å²) in [4.78, 5) is 0. The predicted octanol–water partition coefficient (Wildman–Crippen LogP) is 6.02. The minimum atomic E-state index is 0. The Bertz CT molecular complexity index is 831. The molecule has 6 heteroatoms. The molecular formula is C20H20Cl3NO2. The Kier molecular flexibility index (Phi) is 7.85. The summed E-state index contributed by atoms with van der Waals surface area (Å²) in [6, 6.07) is 17.4. The zero-order chi connectivity index (χ0) is 17.6. The molecular weight excluding hydrogens is 393 g/mol. The van der Waals surface area contributed by atoms with E-state index in [0.717, 1.165) is 35.8 Å². The number of halogens is 3. The van der Waals surface area contributed by atoms with Crippen LogP contribution in [-0.2, 0) is 13.0 Å². The summed E-state index contributed by atoms with van der Waals surface area (Å²) in [5.74, 6) is 2.49. The van der Waals surface area contributed by atoms with Crippen LogP contribution in [0.2, 0.25) is 10.0 Å². The molecule has 1 aromatic heterocycles. The third-order valence-electron chi connectivity index (χ3n) is 3.91. The number of benzene rings is 2. The minimum Gasteiger partial charge on any atom is -0.497 e. The largest absolute Gasteiger partial charge is 0.497 e. The molecule has 0 amide bonds. The molecule has 1 N–H and O–H groups in total. The molecule has 0 fully saturated rings. The third kappa shape index (κ3) is 5.42. The summed E-state index contributed by atoms with van der Waals surface area (Å²) in [6.45, 7) is 1.53. The number of rotatable bonds is 7. The second-order valence-corrected chi connectivity index (χ2v) is 6.51. The van der Waals surface area contributed by atoms with Crippen molar-refractivity contribution in [3.8, 4) is 17.1 Å². The van der Waals surface area contributed by atoms with E-state index >= 15 is 0 Å². The average Bonchev–Trinajstić information content (AvgIpc) is 3.08. The van der Waals surface area contributed by atoms with E-state index < -0.39 is 0 Å². The smallest absolute Gasteiger partial charge is 0.135 e. The molecule has 0 aliphatic rings. The topological polar surface area (TPSA) is 34.4 Å². The Hall–Kier alpha value is -1.65.